The molecule has 7 nitrogen and oxygen atoms in total. The predicted molar refractivity (Wildman–Crippen MR) is 155 cm³/mol. The zero-order valence-electron chi connectivity index (χ0n) is 21.5. The molecule has 0 unspecified atom stereocenters. The molecule has 4 rings (SSSR count). The number of ether oxygens (including phenoxy) is 4. The van der Waals surface area contributed by atoms with Crippen LogP contribution in [0.1, 0.15) is 18.1 Å². The van der Waals surface area contributed by atoms with E-state index in [1.54, 1.807) is 19.1 Å². The third kappa shape index (κ3) is 7.18. The summed E-state index contributed by atoms with van der Waals surface area (Å²) in [4.78, 5) is 20.2. The molecule has 3 aromatic rings. The van der Waals surface area contributed by atoms with Crippen LogP contribution in [0.2, 0.25) is 0 Å². The van der Waals surface area contributed by atoms with Gasteiger partial charge < -0.3 is 18.9 Å². The molecule has 0 aromatic heterocycles. The quantitative estimate of drug-likeness (QED) is 0.230. The van der Waals surface area contributed by atoms with Crippen LogP contribution in [0.5, 0.6) is 17.2 Å². The first-order valence-corrected chi connectivity index (χ1v) is 13.7. The molecule has 0 saturated carbocycles. The first-order chi connectivity index (χ1) is 18.5. The minimum absolute atomic E-state index is 0.118. The highest BCUT2D eigenvalue weighted by atomic mass is 79.9. The average Bonchev–Trinajstić information content (AvgIpc) is 3.21. The number of aliphatic imine (C=N–C) groups is 1. The maximum Gasteiger partial charge on any atom is 0.266 e. The molecule has 1 heterocycles. The lowest BCUT2D eigenvalue weighted by Gasteiger charge is -2.14. The average molecular weight is 598 g/mol. The van der Waals surface area contributed by atoms with Gasteiger partial charge in [-0.3, -0.25) is 9.69 Å². The Labute approximate surface area is 235 Å². The van der Waals surface area contributed by atoms with Gasteiger partial charge in [0.2, 0.25) is 0 Å². The summed E-state index contributed by atoms with van der Waals surface area (Å²) >= 11 is 4.78. The molecule has 198 valence electrons. The lowest BCUT2D eigenvalue weighted by Crippen LogP contribution is -2.32. The molecule has 3 aromatic carbocycles. The first kappa shape index (κ1) is 27.8. The molecule has 0 radical (unpaired) electrons. The third-order valence-corrected chi connectivity index (χ3v) is 7.11. The van der Waals surface area contributed by atoms with E-state index >= 15 is 0 Å². The summed E-state index contributed by atoms with van der Waals surface area (Å²) in [5, 5.41) is 0.600. The van der Waals surface area contributed by atoms with Crippen molar-refractivity contribution < 1.29 is 23.7 Å². The number of halogens is 1. The number of amides is 1. The number of carbonyl (C=O) groups is 1. The number of nitrogens with zero attached hydrogens (tertiary/aromatic N) is 2. The summed E-state index contributed by atoms with van der Waals surface area (Å²) in [6, 6.07) is 21.0. The summed E-state index contributed by atoms with van der Waals surface area (Å²) in [6.07, 6.45) is 1.85. The van der Waals surface area contributed by atoms with Gasteiger partial charge in [-0.1, -0.05) is 34.1 Å². The Hall–Kier alpha value is -3.27. The molecule has 38 heavy (non-hydrogen) atoms. The van der Waals surface area contributed by atoms with Crippen molar-refractivity contribution in [1.82, 2.24) is 4.90 Å². The molecule has 0 aliphatic carbocycles. The van der Waals surface area contributed by atoms with Crippen LogP contribution in [-0.4, -0.2) is 50.0 Å². The monoisotopic (exact) mass is 596 g/mol. The van der Waals surface area contributed by atoms with E-state index in [-0.39, 0.29) is 5.91 Å². The van der Waals surface area contributed by atoms with E-state index in [1.165, 1.54) is 11.8 Å². The topological polar surface area (TPSA) is 69.6 Å². The fraction of sp³-hybridized carbons (Fsp3) is 0.241. The lowest BCUT2D eigenvalue weighted by molar-refractivity contribution is -0.122. The number of thioether (sulfide) groups is 1. The van der Waals surface area contributed by atoms with Crippen LogP contribution in [0.15, 0.2) is 81.1 Å². The standard InChI is InChI=1S/C29H29BrN2O5S/c1-4-36-26-17-21(7-14-25(26)37-19-20-5-8-22(30)9-6-20)18-27-28(33)32(15-16-34-2)29(38-27)31-23-10-12-24(35-3)13-11-23/h5-14,17-18H,4,15-16,19H2,1-3H3/b27-18-,31-29?. The summed E-state index contributed by atoms with van der Waals surface area (Å²) in [7, 11) is 3.23. The van der Waals surface area contributed by atoms with Crippen LogP contribution in [0.25, 0.3) is 6.08 Å². The fourth-order valence-electron chi connectivity index (χ4n) is 3.63. The van der Waals surface area contributed by atoms with Gasteiger partial charge in [-0.05, 0) is 84.4 Å². The van der Waals surface area contributed by atoms with E-state index < -0.39 is 0 Å². The smallest absolute Gasteiger partial charge is 0.266 e. The second kappa shape index (κ2) is 13.5. The van der Waals surface area contributed by atoms with E-state index in [9.17, 15) is 4.79 Å². The van der Waals surface area contributed by atoms with Gasteiger partial charge in [-0.25, -0.2) is 4.99 Å². The molecular weight excluding hydrogens is 568 g/mol. The van der Waals surface area contributed by atoms with Crippen LogP contribution in [0.4, 0.5) is 5.69 Å². The number of carbonyl (C=O) groups excluding carboxylic acids is 1. The van der Waals surface area contributed by atoms with E-state index in [0.29, 0.717) is 47.9 Å². The maximum atomic E-state index is 13.3. The molecule has 0 bridgehead atoms. The Morgan fingerprint density at radius 2 is 1.74 bits per heavy atom. The minimum Gasteiger partial charge on any atom is -0.497 e. The Balaban J connectivity index is 1.56. The first-order valence-electron chi connectivity index (χ1n) is 12.1. The van der Waals surface area contributed by atoms with Crippen LogP contribution in [-0.2, 0) is 16.1 Å². The van der Waals surface area contributed by atoms with Gasteiger partial charge >= 0.3 is 0 Å². The van der Waals surface area contributed by atoms with E-state index in [2.05, 4.69) is 15.9 Å². The van der Waals surface area contributed by atoms with Gasteiger partial charge in [-0.15, -0.1) is 0 Å². The highest BCUT2D eigenvalue weighted by molar-refractivity contribution is 9.10. The summed E-state index contributed by atoms with van der Waals surface area (Å²) in [5.74, 6) is 1.90. The Kier molecular flexibility index (Phi) is 9.86. The second-order valence-electron chi connectivity index (χ2n) is 8.21. The Morgan fingerprint density at radius 3 is 2.42 bits per heavy atom. The number of hydrogen-bond acceptors (Lipinski definition) is 7. The van der Waals surface area contributed by atoms with Crippen LogP contribution < -0.4 is 14.2 Å². The molecule has 1 aliphatic heterocycles. The zero-order chi connectivity index (χ0) is 26.9. The molecular formula is C29H29BrN2O5S. The summed E-state index contributed by atoms with van der Waals surface area (Å²) in [6.45, 7) is 3.64. The van der Waals surface area contributed by atoms with Gasteiger partial charge in [-0.2, -0.15) is 0 Å². The number of hydrogen-bond donors (Lipinski definition) is 0. The number of methoxy groups -OCH3 is 2. The molecule has 1 aliphatic rings. The van der Waals surface area contributed by atoms with Crippen LogP contribution in [0.3, 0.4) is 0 Å². The zero-order valence-corrected chi connectivity index (χ0v) is 23.9. The molecule has 9 heteroatoms. The minimum atomic E-state index is -0.118. The largest absolute Gasteiger partial charge is 0.497 e. The molecule has 1 fully saturated rings. The van der Waals surface area contributed by atoms with Gasteiger partial charge in [0.05, 0.1) is 37.5 Å². The number of amidine groups is 1. The normalized spacial score (nSPS) is 15.4. The SMILES string of the molecule is CCOc1cc(/C=C2\SC(=Nc3ccc(OC)cc3)N(CCOC)C2=O)ccc1OCc1ccc(Br)cc1. The van der Waals surface area contributed by atoms with Crippen LogP contribution in [0, 0.1) is 0 Å². The highest BCUT2D eigenvalue weighted by Gasteiger charge is 2.33. The van der Waals surface area contributed by atoms with E-state index in [0.717, 1.165) is 27.0 Å². The van der Waals surface area contributed by atoms with Crippen molar-refractivity contribution in [1.29, 1.82) is 0 Å². The van der Waals surface area contributed by atoms with Crippen molar-refractivity contribution in [2.24, 2.45) is 4.99 Å². The van der Waals surface area contributed by atoms with Crippen molar-refractivity contribution in [2.75, 3.05) is 34.0 Å². The van der Waals surface area contributed by atoms with Crippen molar-refractivity contribution in [2.45, 2.75) is 13.5 Å². The van der Waals surface area contributed by atoms with E-state index in [4.69, 9.17) is 23.9 Å². The Morgan fingerprint density at radius 1 is 0.974 bits per heavy atom. The lowest BCUT2D eigenvalue weighted by atomic mass is 10.1. The fourth-order valence-corrected chi connectivity index (χ4v) is 4.92. The van der Waals surface area contributed by atoms with Gasteiger partial charge in [0.15, 0.2) is 16.7 Å². The van der Waals surface area contributed by atoms with Gasteiger partial charge in [0.1, 0.15) is 12.4 Å². The summed E-state index contributed by atoms with van der Waals surface area (Å²) in [5.41, 5.74) is 2.61. The highest BCUT2D eigenvalue weighted by Crippen LogP contribution is 2.36. The molecule has 0 atom stereocenters. The van der Waals surface area contributed by atoms with Crippen molar-refractivity contribution in [3.05, 3.63) is 87.2 Å². The Bertz CT molecular complexity index is 1310. The number of rotatable bonds is 11. The van der Waals surface area contributed by atoms with E-state index in [1.807, 2.05) is 79.7 Å². The van der Waals surface area contributed by atoms with Gasteiger partial charge in [0, 0.05) is 11.6 Å². The summed E-state index contributed by atoms with van der Waals surface area (Å²) < 4.78 is 23.4. The second-order valence-corrected chi connectivity index (χ2v) is 10.1. The van der Waals surface area contributed by atoms with Crippen molar-refractivity contribution in [3.63, 3.8) is 0 Å². The molecule has 1 saturated heterocycles. The molecule has 0 N–H and O–H groups in total. The van der Waals surface area contributed by atoms with Crippen LogP contribution >= 0.6 is 27.7 Å². The van der Waals surface area contributed by atoms with Crippen molar-refractivity contribution >= 4 is 50.5 Å². The van der Waals surface area contributed by atoms with Crippen molar-refractivity contribution in [3.8, 4) is 17.2 Å². The number of benzene rings is 3. The third-order valence-electron chi connectivity index (χ3n) is 5.58. The maximum absolute atomic E-state index is 13.3. The van der Waals surface area contributed by atoms with Gasteiger partial charge in [0.25, 0.3) is 5.91 Å². The molecule has 0 spiro atoms. The predicted octanol–water partition coefficient (Wildman–Crippen LogP) is 6.69. The molecule has 1 amide bonds.